The van der Waals surface area contributed by atoms with Crippen LogP contribution >= 0.6 is 11.6 Å². The summed E-state index contributed by atoms with van der Waals surface area (Å²) in [7, 11) is 0. The first-order valence-corrected chi connectivity index (χ1v) is 7.73. The number of rotatable bonds is 4. The maximum absolute atomic E-state index is 6.20. The van der Waals surface area contributed by atoms with Gasteiger partial charge in [-0.1, -0.05) is 71.8 Å². The Labute approximate surface area is 135 Å². The normalized spacial score (nSPS) is 10.6. The number of aryl methyl sites for hydroxylation is 3. The topological polar surface area (TPSA) is 25.8 Å². The van der Waals surface area contributed by atoms with E-state index in [1.807, 2.05) is 12.1 Å². The maximum Gasteiger partial charge on any atom is 0.154 e. The first-order valence-electron chi connectivity index (χ1n) is 7.35. The van der Waals surface area contributed by atoms with Crippen LogP contribution in [0.25, 0.3) is 11.3 Å². The summed E-state index contributed by atoms with van der Waals surface area (Å²) in [6.07, 6.45) is 1.80. The average molecular weight is 309 g/mol. The van der Waals surface area contributed by atoms with Gasteiger partial charge in [0.1, 0.15) is 0 Å². The van der Waals surface area contributed by atoms with Gasteiger partial charge in [-0.2, -0.15) is 0 Å². The van der Waals surface area contributed by atoms with Crippen molar-refractivity contribution in [3.63, 3.8) is 0 Å². The zero-order valence-electron chi connectivity index (χ0n) is 12.5. The molecule has 22 heavy (non-hydrogen) atoms. The number of halogens is 1. The molecule has 1 aromatic heterocycles. The lowest BCUT2D eigenvalue weighted by Crippen LogP contribution is -1.97. The van der Waals surface area contributed by atoms with Gasteiger partial charge in [-0.15, -0.1) is 10.2 Å². The van der Waals surface area contributed by atoms with Crippen molar-refractivity contribution in [1.29, 1.82) is 0 Å². The smallest absolute Gasteiger partial charge is 0.149 e. The molecule has 0 bridgehead atoms. The van der Waals surface area contributed by atoms with Gasteiger partial charge >= 0.3 is 0 Å². The Morgan fingerprint density at radius 1 is 0.864 bits per heavy atom. The SMILES string of the molecule is Cc1ccc(-c2cc(CCc3ccccc3)c(Cl)nn2)cc1. The van der Waals surface area contributed by atoms with E-state index in [4.69, 9.17) is 11.6 Å². The molecule has 2 nitrogen and oxygen atoms in total. The molecule has 0 atom stereocenters. The van der Waals surface area contributed by atoms with Crippen molar-refractivity contribution in [2.75, 3.05) is 0 Å². The lowest BCUT2D eigenvalue weighted by atomic mass is 10.0. The number of hydrogen-bond donors (Lipinski definition) is 0. The number of aromatic nitrogens is 2. The van der Waals surface area contributed by atoms with Crippen molar-refractivity contribution in [2.45, 2.75) is 19.8 Å². The molecular weight excluding hydrogens is 292 g/mol. The summed E-state index contributed by atoms with van der Waals surface area (Å²) >= 11 is 6.20. The predicted molar refractivity (Wildman–Crippen MR) is 91.1 cm³/mol. The van der Waals surface area contributed by atoms with E-state index >= 15 is 0 Å². The summed E-state index contributed by atoms with van der Waals surface area (Å²) in [5.41, 5.74) is 5.50. The van der Waals surface area contributed by atoms with E-state index in [1.54, 1.807) is 0 Å². The van der Waals surface area contributed by atoms with Gasteiger partial charge in [0.05, 0.1) is 5.69 Å². The molecule has 3 heteroatoms. The van der Waals surface area contributed by atoms with Gasteiger partial charge < -0.3 is 0 Å². The first-order chi connectivity index (χ1) is 10.7. The molecule has 0 spiro atoms. The van der Waals surface area contributed by atoms with Gasteiger partial charge in [0.2, 0.25) is 0 Å². The van der Waals surface area contributed by atoms with E-state index < -0.39 is 0 Å². The van der Waals surface area contributed by atoms with Crippen LogP contribution in [0.15, 0.2) is 60.7 Å². The van der Waals surface area contributed by atoms with Gasteiger partial charge in [-0.3, -0.25) is 0 Å². The van der Waals surface area contributed by atoms with Crippen molar-refractivity contribution >= 4 is 11.6 Å². The molecule has 0 unspecified atom stereocenters. The minimum absolute atomic E-state index is 0.492. The Bertz CT molecular complexity index is 752. The summed E-state index contributed by atoms with van der Waals surface area (Å²) in [5.74, 6) is 0. The standard InChI is InChI=1S/C19H17ClN2/c1-14-7-10-16(11-8-14)18-13-17(19(20)22-21-18)12-9-15-5-3-2-4-6-15/h2-8,10-11,13H,9,12H2,1H3. The molecule has 0 N–H and O–H groups in total. The summed E-state index contributed by atoms with van der Waals surface area (Å²) in [5, 5.41) is 8.81. The van der Waals surface area contributed by atoms with Crippen molar-refractivity contribution < 1.29 is 0 Å². The quantitative estimate of drug-likeness (QED) is 0.685. The van der Waals surface area contributed by atoms with Crippen molar-refractivity contribution in [2.24, 2.45) is 0 Å². The molecule has 0 aliphatic carbocycles. The highest BCUT2D eigenvalue weighted by atomic mass is 35.5. The van der Waals surface area contributed by atoms with Crippen LogP contribution in [0.3, 0.4) is 0 Å². The molecule has 0 aliphatic heterocycles. The second-order valence-corrected chi connectivity index (χ2v) is 5.76. The Morgan fingerprint density at radius 3 is 2.32 bits per heavy atom. The highest BCUT2D eigenvalue weighted by Gasteiger charge is 2.07. The molecule has 1 heterocycles. The van der Waals surface area contributed by atoms with Crippen LogP contribution in [0.1, 0.15) is 16.7 Å². The molecule has 0 radical (unpaired) electrons. The summed E-state index contributed by atoms with van der Waals surface area (Å²) < 4.78 is 0. The molecule has 2 aromatic carbocycles. The molecule has 3 rings (SSSR count). The number of nitrogens with zero attached hydrogens (tertiary/aromatic N) is 2. The minimum Gasteiger partial charge on any atom is -0.149 e. The largest absolute Gasteiger partial charge is 0.154 e. The predicted octanol–water partition coefficient (Wildman–Crippen LogP) is 4.89. The molecular formula is C19H17ClN2. The molecule has 3 aromatic rings. The van der Waals surface area contributed by atoms with E-state index in [2.05, 4.69) is 65.7 Å². The zero-order chi connectivity index (χ0) is 15.4. The van der Waals surface area contributed by atoms with E-state index in [9.17, 15) is 0 Å². The third-order valence-electron chi connectivity index (χ3n) is 3.69. The Kier molecular flexibility index (Phi) is 4.50. The van der Waals surface area contributed by atoms with Gasteiger partial charge in [0.25, 0.3) is 0 Å². The van der Waals surface area contributed by atoms with Crippen molar-refractivity contribution in [3.8, 4) is 11.3 Å². The van der Waals surface area contributed by atoms with E-state index in [-0.39, 0.29) is 0 Å². The molecule has 0 saturated carbocycles. The Hall–Kier alpha value is -2.19. The number of benzene rings is 2. The fourth-order valence-electron chi connectivity index (χ4n) is 2.38. The van der Waals surface area contributed by atoms with Crippen molar-refractivity contribution in [3.05, 3.63) is 82.5 Å². The second kappa shape index (κ2) is 6.71. The lowest BCUT2D eigenvalue weighted by Gasteiger charge is -2.07. The highest BCUT2D eigenvalue weighted by molar-refractivity contribution is 6.30. The Balaban J connectivity index is 1.82. The molecule has 0 aliphatic rings. The van der Waals surface area contributed by atoms with Crippen LogP contribution in [-0.2, 0) is 12.8 Å². The molecule has 0 amide bonds. The van der Waals surface area contributed by atoms with E-state index in [0.29, 0.717) is 5.15 Å². The van der Waals surface area contributed by atoms with Crippen LogP contribution in [0.4, 0.5) is 0 Å². The van der Waals surface area contributed by atoms with E-state index in [1.165, 1.54) is 11.1 Å². The first kappa shape index (κ1) is 14.7. The monoisotopic (exact) mass is 308 g/mol. The second-order valence-electron chi connectivity index (χ2n) is 5.40. The van der Waals surface area contributed by atoms with Crippen LogP contribution < -0.4 is 0 Å². The van der Waals surface area contributed by atoms with Crippen LogP contribution in [0.2, 0.25) is 5.15 Å². The van der Waals surface area contributed by atoms with Crippen LogP contribution in [0, 0.1) is 6.92 Å². The van der Waals surface area contributed by atoms with Gasteiger partial charge in [0.15, 0.2) is 5.15 Å². The van der Waals surface area contributed by atoms with Gasteiger partial charge in [-0.05, 0) is 37.0 Å². The van der Waals surface area contributed by atoms with Gasteiger partial charge in [0, 0.05) is 5.56 Å². The zero-order valence-corrected chi connectivity index (χ0v) is 13.2. The average Bonchev–Trinajstić information content (AvgIpc) is 2.56. The van der Waals surface area contributed by atoms with Crippen molar-refractivity contribution in [1.82, 2.24) is 10.2 Å². The highest BCUT2D eigenvalue weighted by Crippen LogP contribution is 2.22. The molecule has 110 valence electrons. The fourth-order valence-corrected chi connectivity index (χ4v) is 2.57. The summed E-state index contributed by atoms with van der Waals surface area (Å²) in [6.45, 7) is 2.07. The third kappa shape index (κ3) is 3.52. The third-order valence-corrected chi connectivity index (χ3v) is 4.01. The van der Waals surface area contributed by atoms with Crippen LogP contribution in [-0.4, -0.2) is 10.2 Å². The summed E-state index contributed by atoms with van der Waals surface area (Å²) in [4.78, 5) is 0. The maximum atomic E-state index is 6.20. The van der Waals surface area contributed by atoms with Crippen LogP contribution in [0.5, 0.6) is 0 Å². The molecule has 0 saturated heterocycles. The number of hydrogen-bond acceptors (Lipinski definition) is 2. The van der Waals surface area contributed by atoms with Gasteiger partial charge in [-0.25, -0.2) is 0 Å². The van der Waals surface area contributed by atoms with E-state index in [0.717, 1.165) is 29.7 Å². The molecule has 0 fully saturated rings. The summed E-state index contributed by atoms with van der Waals surface area (Å²) in [6, 6.07) is 20.7. The minimum atomic E-state index is 0.492. The Morgan fingerprint density at radius 2 is 1.59 bits per heavy atom. The fraction of sp³-hybridized carbons (Fsp3) is 0.158. The lowest BCUT2D eigenvalue weighted by molar-refractivity contribution is 0.922.